The van der Waals surface area contributed by atoms with Gasteiger partial charge in [-0.05, 0) is 55.4 Å². The second kappa shape index (κ2) is 8.71. The number of hydrogen-bond acceptors (Lipinski definition) is 4. The summed E-state index contributed by atoms with van der Waals surface area (Å²) in [5.41, 5.74) is 0.635. The molecule has 3 rings (SSSR count). The molecule has 150 valence electrons. The maximum absolute atomic E-state index is 12.7. The summed E-state index contributed by atoms with van der Waals surface area (Å²) in [5, 5.41) is 2.89. The van der Waals surface area contributed by atoms with Crippen molar-refractivity contribution in [2.24, 2.45) is 11.8 Å². The van der Waals surface area contributed by atoms with Gasteiger partial charge in [-0.25, -0.2) is 8.42 Å². The van der Waals surface area contributed by atoms with Crippen molar-refractivity contribution >= 4 is 21.6 Å². The third-order valence-electron chi connectivity index (χ3n) is 5.40. The number of nitrogens with zero attached hydrogens (tertiary/aromatic N) is 2. The second-order valence-corrected chi connectivity index (χ2v) is 10.1. The molecule has 2 saturated heterocycles. The van der Waals surface area contributed by atoms with Crippen molar-refractivity contribution < 1.29 is 13.2 Å². The van der Waals surface area contributed by atoms with E-state index in [1.54, 1.807) is 28.6 Å². The number of nitrogens with one attached hydrogen (secondary N) is 1. The number of carbonyl (C=O) groups is 1. The fourth-order valence-corrected chi connectivity index (χ4v) is 5.81. The summed E-state index contributed by atoms with van der Waals surface area (Å²) in [5.74, 6) is 1.17. The van der Waals surface area contributed by atoms with E-state index in [0.717, 1.165) is 32.4 Å². The minimum atomic E-state index is -3.43. The fourth-order valence-electron chi connectivity index (χ4n) is 4.29. The molecule has 27 heavy (non-hydrogen) atoms. The highest BCUT2D eigenvalue weighted by Gasteiger charge is 2.26. The van der Waals surface area contributed by atoms with Crippen molar-refractivity contribution in [1.82, 2.24) is 9.21 Å². The lowest BCUT2D eigenvalue weighted by Gasteiger charge is -2.34. The van der Waals surface area contributed by atoms with Crippen molar-refractivity contribution in [3.63, 3.8) is 0 Å². The molecule has 0 saturated carbocycles. The number of hydrogen-bond donors (Lipinski definition) is 1. The Morgan fingerprint density at radius 2 is 1.63 bits per heavy atom. The van der Waals surface area contributed by atoms with Crippen LogP contribution in [-0.2, 0) is 14.8 Å². The van der Waals surface area contributed by atoms with Gasteiger partial charge in [-0.1, -0.05) is 20.3 Å². The molecule has 0 aromatic heterocycles. The van der Waals surface area contributed by atoms with Gasteiger partial charge in [0.2, 0.25) is 15.9 Å². The van der Waals surface area contributed by atoms with Crippen molar-refractivity contribution in [3.8, 4) is 0 Å². The van der Waals surface area contributed by atoms with Gasteiger partial charge in [0.05, 0.1) is 11.4 Å². The van der Waals surface area contributed by atoms with Crippen LogP contribution >= 0.6 is 0 Å². The van der Waals surface area contributed by atoms with Crippen LogP contribution in [-0.4, -0.2) is 56.3 Å². The second-order valence-electron chi connectivity index (χ2n) is 8.18. The number of amides is 1. The van der Waals surface area contributed by atoms with Crippen LogP contribution in [0.25, 0.3) is 0 Å². The smallest absolute Gasteiger partial charge is 0.243 e. The van der Waals surface area contributed by atoms with Gasteiger partial charge < -0.3 is 5.32 Å². The predicted octanol–water partition coefficient (Wildman–Crippen LogP) is 2.78. The monoisotopic (exact) mass is 393 g/mol. The molecule has 7 heteroatoms. The lowest BCUT2D eigenvalue weighted by molar-refractivity contribution is -0.117. The first kappa shape index (κ1) is 20.3. The molecule has 2 aliphatic heterocycles. The molecular weight excluding hydrogens is 362 g/mol. The number of benzene rings is 1. The van der Waals surface area contributed by atoms with Gasteiger partial charge in [0.15, 0.2) is 0 Å². The molecule has 1 N–H and O–H groups in total. The van der Waals surface area contributed by atoms with Crippen LogP contribution in [0.3, 0.4) is 0 Å². The Labute approximate surface area is 163 Å². The van der Waals surface area contributed by atoms with E-state index in [4.69, 9.17) is 0 Å². The van der Waals surface area contributed by atoms with Gasteiger partial charge in [0, 0.05) is 31.9 Å². The largest absolute Gasteiger partial charge is 0.325 e. The number of carbonyl (C=O) groups excluding carboxylic acids is 1. The maximum Gasteiger partial charge on any atom is 0.243 e. The van der Waals surface area contributed by atoms with E-state index < -0.39 is 10.0 Å². The van der Waals surface area contributed by atoms with Gasteiger partial charge >= 0.3 is 0 Å². The molecule has 2 fully saturated rings. The van der Waals surface area contributed by atoms with Crippen molar-refractivity contribution in [2.45, 2.75) is 44.4 Å². The SMILES string of the molecule is C[C@@H]1C[C@@H](C)CN(CC(=O)Nc2ccc(S(=O)(=O)N3CCCCC3)cc2)C1. The van der Waals surface area contributed by atoms with Crippen LogP contribution in [0.15, 0.2) is 29.2 Å². The number of rotatable bonds is 5. The van der Waals surface area contributed by atoms with Crippen LogP contribution in [0, 0.1) is 11.8 Å². The Bertz CT molecular complexity index is 732. The van der Waals surface area contributed by atoms with Crippen LogP contribution in [0.2, 0.25) is 0 Å². The average molecular weight is 394 g/mol. The van der Waals surface area contributed by atoms with E-state index >= 15 is 0 Å². The summed E-state index contributed by atoms with van der Waals surface area (Å²) in [6, 6.07) is 6.53. The number of anilines is 1. The normalized spacial score (nSPS) is 25.3. The van der Waals surface area contributed by atoms with E-state index in [1.165, 1.54) is 6.42 Å². The fraction of sp³-hybridized carbons (Fsp3) is 0.650. The molecule has 1 aromatic rings. The molecule has 0 bridgehead atoms. The highest BCUT2D eigenvalue weighted by Crippen LogP contribution is 2.23. The van der Waals surface area contributed by atoms with E-state index in [-0.39, 0.29) is 5.91 Å². The van der Waals surface area contributed by atoms with Crippen molar-refractivity contribution in [3.05, 3.63) is 24.3 Å². The Morgan fingerprint density at radius 1 is 1.04 bits per heavy atom. The Hall–Kier alpha value is -1.44. The summed E-state index contributed by atoms with van der Waals surface area (Å²) in [6.07, 6.45) is 4.14. The molecule has 1 amide bonds. The van der Waals surface area contributed by atoms with Gasteiger partial charge in [0.1, 0.15) is 0 Å². The molecule has 0 unspecified atom stereocenters. The molecule has 2 heterocycles. The van der Waals surface area contributed by atoms with Crippen LogP contribution in [0.5, 0.6) is 0 Å². The molecule has 2 aliphatic rings. The maximum atomic E-state index is 12.7. The zero-order chi connectivity index (χ0) is 19.4. The molecule has 6 nitrogen and oxygen atoms in total. The molecule has 0 spiro atoms. The predicted molar refractivity (Wildman–Crippen MR) is 107 cm³/mol. The quantitative estimate of drug-likeness (QED) is 0.835. The van der Waals surface area contributed by atoms with Crippen LogP contribution in [0.1, 0.15) is 39.5 Å². The Balaban J connectivity index is 1.58. The van der Waals surface area contributed by atoms with Gasteiger partial charge in [0.25, 0.3) is 0 Å². The first-order valence-corrected chi connectivity index (χ1v) is 11.4. The zero-order valence-electron chi connectivity index (χ0n) is 16.4. The summed E-state index contributed by atoms with van der Waals surface area (Å²) in [6.45, 7) is 7.91. The first-order chi connectivity index (χ1) is 12.8. The van der Waals surface area contributed by atoms with E-state index in [2.05, 4.69) is 24.1 Å². The number of likely N-dealkylation sites (tertiary alicyclic amines) is 1. The summed E-state index contributed by atoms with van der Waals surface area (Å²) < 4.78 is 26.9. The highest BCUT2D eigenvalue weighted by molar-refractivity contribution is 7.89. The third-order valence-corrected chi connectivity index (χ3v) is 7.32. The van der Waals surface area contributed by atoms with Gasteiger partial charge in [-0.3, -0.25) is 9.69 Å². The molecule has 2 atom stereocenters. The third kappa shape index (κ3) is 5.30. The number of piperidine rings is 2. The minimum Gasteiger partial charge on any atom is -0.325 e. The van der Waals surface area contributed by atoms with Crippen molar-refractivity contribution in [2.75, 3.05) is 38.0 Å². The zero-order valence-corrected chi connectivity index (χ0v) is 17.2. The summed E-state index contributed by atoms with van der Waals surface area (Å²) in [4.78, 5) is 14.8. The Kier molecular flexibility index (Phi) is 6.55. The molecule has 0 aliphatic carbocycles. The molecule has 0 radical (unpaired) electrons. The minimum absolute atomic E-state index is 0.0528. The average Bonchev–Trinajstić information content (AvgIpc) is 2.62. The summed E-state index contributed by atoms with van der Waals surface area (Å²) >= 11 is 0. The van der Waals surface area contributed by atoms with Crippen LogP contribution < -0.4 is 5.32 Å². The van der Waals surface area contributed by atoms with E-state index in [0.29, 0.717) is 42.1 Å². The molecule has 1 aromatic carbocycles. The van der Waals surface area contributed by atoms with E-state index in [9.17, 15) is 13.2 Å². The van der Waals surface area contributed by atoms with Crippen LogP contribution in [0.4, 0.5) is 5.69 Å². The Morgan fingerprint density at radius 3 is 2.22 bits per heavy atom. The van der Waals surface area contributed by atoms with Gasteiger partial charge in [-0.15, -0.1) is 0 Å². The highest BCUT2D eigenvalue weighted by atomic mass is 32.2. The first-order valence-electron chi connectivity index (χ1n) is 9.97. The number of sulfonamides is 1. The van der Waals surface area contributed by atoms with E-state index in [1.807, 2.05) is 0 Å². The lowest BCUT2D eigenvalue weighted by Crippen LogP contribution is -2.42. The summed E-state index contributed by atoms with van der Waals surface area (Å²) in [7, 11) is -3.43. The lowest BCUT2D eigenvalue weighted by atomic mass is 9.92. The molecular formula is C20H31N3O3S. The van der Waals surface area contributed by atoms with Gasteiger partial charge in [-0.2, -0.15) is 4.31 Å². The van der Waals surface area contributed by atoms with Crippen molar-refractivity contribution in [1.29, 1.82) is 0 Å². The standard InChI is InChI=1S/C20H31N3O3S/c1-16-12-17(2)14-22(13-16)15-20(24)21-18-6-8-19(9-7-18)27(25,26)23-10-4-3-5-11-23/h6-9,16-17H,3-5,10-15H2,1-2H3,(H,21,24)/t16-,17-/m1/s1. The topological polar surface area (TPSA) is 69.7 Å².